The van der Waals surface area contributed by atoms with Crippen molar-refractivity contribution in [3.8, 4) is 0 Å². The fraction of sp³-hybridized carbons (Fsp3) is 0.500. The number of carboxylic acids is 6. The topological polar surface area (TPSA) is 264 Å². The molecule has 0 saturated heterocycles. The summed E-state index contributed by atoms with van der Waals surface area (Å²) < 4.78 is 0. The molecule has 0 amide bonds. The second-order valence-corrected chi connectivity index (χ2v) is 3.03. The Labute approximate surface area is 173 Å². The Balaban J connectivity index is -0.0000000245. The maximum absolute atomic E-state index is 9.00. The zero-order valence-corrected chi connectivity index (χ0v) is 19.2. The van der Waals surface area contributed by atoms with E-state index in [-0.39, 0.29) is 36.6 Å². The summed E-state index contributed by atoms with van der Waals surface area (Å²) in [6.07, 6.45) is 0. The molecule has 0 aromatic carbocycles. The van der Waals surface area contributed by atoms with Gasteiger partial charge >= 0.3 is 31.1 Å². The van der Waals surface area contributed by atoms with Gasteiger partial charge in [0.15, 0.2) is 0 Å². The average molecular weight is 613 g/mol. The molecule has 0 rings (SSSR count). The van der Waals surface area contributed by atoms with E-state index in [1.54, 1.807) is 0 Å². The smallest absolute Gasteiger partial charge is 0.550 e. The van der Waals surface area contributed by atoms with Gasteiger partial charge in [-0.1, -0.05) is 0 Å². The molecule has 0 spiro atoms. The molecule has 0 aliphatic heterocycles. The van der Waals surface area contributed by atoms with Crippen molar-refractivity contribution in [1.29, 1.82) is 0 Å². The van der Waals surface area contributed by atoms with Crippen molar-refractivity contribution in [1.82, 2.24) is 0 Å². The van der Waals surface area contributed by atoms with E-state index in [9.17, 15) is 0 Å². The summed E-state index contributed by atoms with van der Waals surface area (Å²) in [7, 11) is 0. The molecule has 5 N–H and O–H groups in total. The van der Waals surface area contributed by atoms with Crippen LogP contribution in [-0.4, -0.2) is 56.6 Å². The maximum atomic E-state index is 9.00. The monoisotopic (exact) mass is 613 g/mol. The van der Waals surface area contributed by atoms with Crippen molar-refractivity contribution >= 4 is 35.8 Å². The van der Waals surface area contributed by atoms with E-state index >= 15 is 0 Å². The number of carbonyl (C=O) groups is 6. The predicted molar refractivity (Wildman–Crippen MR) is 75.6 cm³/mol. The maximum Gasteiger partial charge on any atom is 3.00 e. The summed E-state index contributed by atoms with van der Waals surface area (Å²) in [5, 5.41) is 48.9. The minimum atomic E-state index is -1.08. The molecule has 0 aliphatic rings. The van der Waals surface area contributed by atoms with Crippen LogP contribution in [0.25, 0.3) is 0 Å². The van der Waals surface area contributed by atoms with Gasteiger partial charge in [0.05, 0.1) is 0 Å². The predicted octanol–water partition coefficient (Wildman–Crippen LogP) is -4.28. The summed E-state index contributed by atoms with van der Waals surface area (Å²) in [5.74, 6) is -5.75. The third-order valence-electron chi connectivity index (χ3n) is 0. The Bertz CT molecular complexity index is 262. The summed E-state index contributed by atoms with van der Waals surface area (Å²) in [5.41, 5.74) is 0. The van der Waals surface area contributed by atoms with Crippen LogP contribution in [0, 0.1) is 31.1 Å². The van der Waals surface area contributed by atoms with Crippen LogP contribution in [0.3, 0.4) is 0 Å². The normalized spacial score (nSPS) is 5.77. The largest absolute Gasteiger partial charge is 3.00 e. The third kappa shape index (κ3) is 2020. The molecule has 1 radical (unpaired) electrons. The standard InChI is InChI=1S/6C2H4O2.H2O.U/c6*1-2(3)4;;/h6*1H3,(H,3,4);1H2;/q;;;;;;;+3/p-3. The van der Waals surface area contributed by atoms with Crippen molar-refractivity contribution in [3.05, 3.63) is 0 Å². The molecule has 0 saturated carbocycles. The zero-order valence-electron chi connectivity index (χ0n) is 15.0. The van der Waals surface area contributed by atoms with Gasteiger partial charge in [0.2, 0.25) is 0 Å². The van der Waals surface area contributed by atoms with E-state index in [2.05, 4.69) is 0 Å². The number of aliphatic carboxylic acids is 6. The first-order valence-electron chi connectivity index (χ1n) is 5.51. The number of carboxylic acid groups (broad SMARTS) is 6. The van der Waals surface area contributed by atoms with Crippen molar-refractivity contribution < 1.29 is 96.0 Å². The van der Waals surface area contributed by atoms with Crippen molar-refractivity contribution in [3.63, 3.8) is 0 Å². The van der Waals surface area contributed by atoms with E-state index in [1.165, 1.54) is 0 Å². The number of hydrogen-bond acceptors (Lipinski definition) is 9. The molecule has 0 heterocycles. The first kappa shape index (κ1) is 49.6. The Morgan fingerprint density at radius 1 is 0.500 bits per heavy atom. The van der Waals surface area contributed by atoms with Crippen molar-refractivity contribution in [2.24, 2.45) is 0 Å². The van der Waals surface area contributed by atoms with E-state index in [1.807, 2.05) is 0 Å². The average Bonchev–Trinajstić information content (AvgIpc) is 2.08. The van der Waals surface area contributed by atoms with Gasteiger partial charge in [-0.3, -0.25) is 14.4 Å². The number of rotatable bonds is 0. The SMILES string of the molecule is CC(=O)O.CC(=O)O.CC(=O)O.CC(=O)[O-].CC(=O)[O-].CC(=O)[O-].O.[U+3]. The van der Waals surface area contributed by atoms with Gasteiger partial charge in [0.25, 0.3) is 17.9 Å². The van der Waals surface area contributed by atoms with Crippen LogP contribution in [0.4, 0.5) is 0 Å². The van der Waals surface area contributed by atoms with Crippen molar-refractivity contribution in [2.45, 2.75) is 41.5 Å². The third-order valence-corrected chi connectivity index (χ3v) is 0. The van der Waals surface area contributed by atoms with Crippen LogP contribution in [-0.2, 0) is 28.8 Å². The molecule has 0 atom stereocenters. The second-order valence-electron chi connectivity index (χ2n) is 3.03. The molecule has 0 fully saturated rings. The van der Waals surface area contributed by atoms with Gasteiger partial charge in [-0.05, 0) is 20.8 Å². The molecule has 13 nitrogen and oxygen atoms in total. The molecule has 0 aromatic rings. The summed E-state index contributed by atoms with van der Waals surface area (Å²) >= 11 is 0. The Kier molecular flexibility index (Phi) is 82.8. The van der Waals surface area contributed by atoms with Crippen LogP contribution < -0.4 is 15.3 Å². The van der Waals surface area contributed by atoms with Gasteiger partial charge in [-0.2, -0.15) is 0 Å². The first-order chi connectivity index (χ1) is 10.4. The fourth-order valence-electron chi connectivity index (χ4n) is 0. The zero-order chi connectivity index (χ0) is 21.5. The van der Waals surface area contributed by atoms with Gasteiger partial charge < -0.3 is 50.5 Å². The Hall–Kier alpha value is -2.17. The number of carbonyl (C=O) groups excluding carboxylic acids is 3. The fourth-order valence-corrected chi connectivity index (χ4v) is 0. The first-order valence-corrected chi connectivity index (χ1v) is 5.51. The van der Waals surface area contributed by atoms with E-state index in [4.69, 9.17) is 59.4 Å². The molecule has 14 heteroatoms. The van der Waals surface area contributed by atoms with Gasteiger partial charge in [-0.25, -0.2) is 0 Å². The Morgan fingerprint density at radius 3 is 0.500 bits per heavy atom. The molecule has 153 valence electrons. The molecular weight excluding hydrogens is 590 g/mol. The van der Waals surface area contributed by atoms with E-state index in [0.717, 1.165) is 41.5 Å². The van der Waals surface area contributed by atoms with E-state index < -0.39 is 35.8 Å². The second kappa shape index (κ2) is 43.4. The molecule has 26 heavy (non-hydrogen) atoms. The van der Waals surface area contributed by atoms with Crippen LogP contribution in [0.5, 0.6) is 0 Å². The quantitative estimate of drug-likeness (QED) is 0.234. The minimum Gasteiger partial charge on any atom is -0.550 e. The number of hydrogen-bond donors (Lipinski definition) is 3. The summed E-state index contributed by atoms with van der Waals surface area (Å²) in [6.45, 7) is 6.17. The molecule has 0 aromatic heterocycles. The van der Waals surface area contributed by atoms with Crippen LogP contribution in [0.2, 0.25) is 0 Å². The van der Waals surface area contributed by atoms with Crippen molar-refractivity contribution in [2.75, 3.05) is 0 Å². The molecule has 0 aliphatic carbocycles. The molecule has 0 unspecified atom stereocenters. The molecular formula is C12H23O13U. The van der Waals surface area contributed by atoms with Gasteiger partial charge in [0, 0.05) is 38.7 Å². The van der Waals surface area contributed by atoms with Gasteiger partial charge in [-0.15, -0.1) is 0 Å². The van der Waals surface area contributed by atoms with E-state index in [0.29, 0.717) is 0 Å². The summed E-state index contributed by atoms with van der Waals surface area (Å²) in [6, 6.07) is 0. The minimum absolute atomic E-state index is 0. The van der Waals surface area contributed by atoms with Crippen LogP contribution >= 0.6 is 0 Å². The van der Waals surface area contributed by atoms with Gasteiger partial charge in [0.1, 0.15) is 0 Å². The Morgan fingerprint density at radius 2 is 0.500 bits per heavy atom. The molecule has 0 bridgehead atoms. The van der Waals surface area contributed by atoms with Crippen LogP contribution in [0.1, 0.15) is 41.5 Å². The summed E-state index contributed by atoms with van der Waals surface area (Å²) in [4.78, 5) is 53.7. The van der Waals surface area contributed by atoms with Crippen LogP contribution in [0.15, 0.2) is 0 Å².